The van der Waals surface area contributed by atoms with Gasteiger partial charge < -0.3 is 9.63 Å². The summed E-state index contributed by atoms with van der Waals surface area (Å²) in [6.45, 7) is 1.93. The van der Waals surface area contributed by atoms with Gasteiger partial charge in [0, 0.05) is 19.5 Å². The lowest BCUT2D eigenvalue weighted by atomic mass is 9.87. The van der Waals surface area contributed by atoms with Crippen LogP contribution in [0.15, 0.2) is 24.3 Å². The molecule has 0 saturated carbocycles. The molecule has 1 aromatic rings. The van der Waals surface area contributed by atoms with Gasteiger partial charge in [0.25, 0.3) is 0 Å². The van der Waals surface area contributed by atoms with Gasteiger partial charge in [-0.15, -0.1) is 0 Å². The molecule has 1 saturated heterocycles. The van der Waals surface area contributed by atoms with Crippen molar-refractivity contribution >= 4 is 6.29 Å². The smallest absolute Gasteiger partial charge is 0.124 e. The quantitative estimate of drug-likeness (QED) is 0.746. The number of hydrogen-bond donors (Lipinski definition) is 0. The van der Waals surface area contributed by atoms with Crippen LogP contribution in [-0.4, -0.2) is 31.5 Å². The van der Waals surface area contributed by atoms with Crippen molar-refractivity contribution in [2.24, 2.45) is 0 Å². The van der Waals surface area contributed by atoms with Crippen molar-refractivity contribution < 1.29 is 9.63 Å². The molecule has 0 amide bonds. The van der Waals surface area contributed by atoms with Crippen LogP contribution in [0.4, 0.5) is 0 Å². The Hall–Kier alpha value is -1.19. The summed E-state index contributed by atoms with van der Waals surface area (Å²) in [7, 11) is 1.72. The van der Waals surface area contributed by atoms with E-state index >= 15 is 0 Å². The summed E-state index contributed by atoms with van der Waals surface area (Å²) >= 11 is 0. The van der Waals surface area contributed by atoms with Crippen molar-refractivity contribution in [1.82, 2.24) is 5.06 Å². The Labute approximate surface area is 102 Å². The monoisotopic (exact) mass is 233 g/mol. The molecular formula is C14H19NO2. The molecule has 0 bridgehead atoms. The SMILES string of the molecule is CON1CCCC(c2ccccc2CC=O)C1. The van der Waals surface area contributed by atoms with E-state index in [9.17, 15) is 4.79 Å². The van der Waals surface area contributed by atoms with Crippen LogP contribution in [0, 0.1) is 0 Å². The summed E-state index contributed by atoms with van der Waals surface area (Å²) < 4.78 is 0. The average Bonchev–Trinajstić information content (AvgIpc) is 2.40. The number of carbonyl (C=O) groups excluding carboxylic acids is 1. The zero-order valence-electron chi connectivity index (χ0n) is 10.3. The van der Waals surface area contributed by atoms with E-state index in [-0.39, 0.29) is 0 Å². The fourth-order valence-electron chi connectivity index (χ4n) is 2.57. The second-order valence-electron chi connectivity index (χ2n) is 4.48. The van der Waals surface area contributed by atoms with Gasteiger partial charge in [0.1, 0.15) is 6.29 Å². The molecule has 3 heteroatoms. The van der Waals surface area contributed by atoms with E-state index in [1.54, 1.807) is 7.11 Å². The lowest BCUT2D eigenvalue weighted by molar-refractivity contribution is -0.145. The Morgan fingerprint density at radius 3 is 3.06 bits per heavy atom. The summed E-state index contributed by atoms with van der Waals surface area (Å²) in [6.07, 6.45) is 3.82. The number of benzene rings is 1. The van der Waals surface area contributed by atoms with Crippen LogP contribution in [0.3, 0.4) is 0 Å². The maximum absolute atomic E-state index is 10.7. The van der Waals surface area contributed by atoms with E-state index in [1.165, 1.54) is 12.0 Å². The van der Waals surface area contributed by atoms with Crippen LogP contribution >= 0.6 is 0 Å². The molecule has 0 aliphatic carbocycles. The Morgan fingerprint density at radius 1 is 1.47 bits per heavy atom. The molecule has 1 fully saturated rings. The van der Waals surface area contributed by atoms with Gasteiger partial charge in [0.15, 0.2) is 0 Å². The molecule has 0 N–H and O–H groups in total. The predicted octanol–water partition coefficient (Wildman–Crippen LogP) is 2.17. The second-order valence-corrected chi connectivity index (χ2v) is 4.48. The van der Waals surface area contributed by atoms with E-state index in [4.69, 9.17) is 4.84 Å². The van der Waals surface area contributed by atoms with E-state index in [0.717, 1.165) is 31.4 Å². The predicted molar refractivity (Wildman–Crippen MR) is 66.8 cm³/mol. The molecular weight excluding hydrogens is 214 g/mol. The largest absolute Gasteiger partial charge is 0.303 e. The highest BCUT2D eigenvalue weighted by Crippen LogP contribution is 2.29. The zero-order chi connectivity index (χ0) is 12.1. The number of piperidine rings is 1. The normalized spacial score (nSPS) is 21.4. The van der Waals surface area contributed by atoms with E-state index < -0.39 is 0 Å². The van der Waals surface area contributed by atoms with Crippen LogP contribution in [0.1, 0.15) is 29.9 Å². The average molecular weight is 233 g/mol. The standard InChI is InChI=1S/C14H19NO2/c1-17-15-9-4-6-13(11-15)14-7-3-2-5-12(14)8-10-16/h2-3,5,7,10,13H,4,6,8-9,11H2,1H3. The fourth-order valence-corrected chi connectivity index (χ4v) is 2.57. The van der Waals surface area contributed by atoms with Crippen molar-refractivity contribution in [1.29, 1.82) is 0 Å². The molecule has 92 valence electrons. The molecule has 17 heavy (non-hydrogen) atoms. The highest BCUT2D eigenvalue weighted by Gasteiger charge is 2.22. The molecule has 1 atom stereocenters. The van der Waals surface area contributed by atoms with Crippen molar-refractivity contribution in [3.8, 4) is 0 Å². The Morgan fingerprint density at radius 2 is 2.29 bits per heavy atom. The Balaban J connectivity index is 2.17. The molecule has 3 nitrogen and oxygen atoms in total. The highest BCUT2D eigenvalue weighted by atomic mass is 16.7. The molecule has 0 radical (unpaired) electrons. The minimum Gasteiger partial charge on any atom is -0.303 e. The van der Waals surface area contributed by atoms with E-state index in [2.05, 4.69) is 18.2 Å². The van der Waals surface area contributed by atoms with Crippen LogP contribution < -0.4 is 0 Å². The Kier molecular flexibility index (Phi) is 4.29. The molecule has 1 aliphatic heterocycles. The summed E-state index contributed by atoms with van der Waals surface area (Å²) in [5.74, 6) is 0.486. The molecule has 1 heterocycles. The first kappa shape index (κ1) is 12.3. The third-order valence-corrected chi connectivity index (χ3v) is 3.44. The first-order chi connectivity index (χ1) is 8.35. The van der Waals surface area contributed by atoms with Crippen molar-refractivity contribution in [2.75, 3.05) is 20.2 Å². The van der Waals surface area contributed by atoms with Gasteiger partial charge >= 0.3 is 0 Å². The number of nitrogens with zero attached hydrogens (tertiary/aromatic N) is 1. The summed E-state index contributed by atoms with van der Waals surface area (Å²) in [5.41, 5.74) is 2.46. The van der Waals surface area contributed by atoms with Crippen molar-refractivity contribution in [2.45, 2.75) is 25.2 Å². The lowest BCUT2D eigenvalue weighted by Crippen LogP contribution is -2.33. The number of rotatable bonds is 4. The van der Waals surface area contributed by atoms with Gasteiger partial charge in [0.05, 0.1) is 7.11 Å². The molecule has 0 aromatic heterocycles. The van der Waals surface area contributed by atoms with Crippen molar-refractivity contribution in [3.05, 3.63) is 35.4 Å². The summed E-state index contributed by atoms with van der Waals surface area (Å²) in [4.78, 5) is 16.0. The first-order valence-corrected chi connectivity index (χ1v) is 6.15. The van der Waals surface area contributed by atoms with Crippen LogP contribution in [0.5, 0.6) is 0 Å². The highest BCUT2D eigenvalue weighted by molar-refractivity contribution is 5.56. The van der Waals surface area contributed by atoms with Gasteiger partial charge in [-0.05, 0) is 29.9 Å². The third-order valence-electron chi connectivity index (χ3n) is 3.44. The van der Waals surface area contributed by atoms with Gasteiger partial charge in [0.2, 0.25) is 0 Å². The molecule has 2 rings (SSSR count). The summed E-state index contributed by atoms with van der Waals surface area (Å²) in [6, 6.07) is 8.24. The molecule has 1 aromatic carbocycles. The first-order valence-electron chi connectivity index (χ1n) is 6.15. The maximum Gasteiger partial charge on any atom is 0.124 e. The van der Waals surface area contributed by atoms with Gasteiger partial charge in [-0.2, -0.15) is 5.06 Å². The second kappa shape index (κ2) is 5.94. The van der Waals surface area contributed by atoms with Crippen LogP contribution in [0.25, 0.3) is 0 Å². The number of hydrogen-bond acceptors (Lipinski definition) is 3. The van der Waals surface area contributed by atoms with Gasteiger partial charge in [-0.25, -0.2) is 0 Å². The number of aldehydes is 1. The topological polar surface area (TPSA) is 29.5 Å². The van der Waals surface area contributed by atoms with Crippen molar-refractivity contribution in [3.63, 3.8) is 0 Å². The molecule has 1 unspecified atom stereocenters. The lowest BCUT2D eigenvalue weighted by Gasteiger charge is -2.31. The zero-order valence-corrected chi connectivity index (χ0v) is 10.3. The van der Waals surface area contributed by atoms with Crippen LogP contribution in [0.2, 0.25) is 0 Å². The summed E-state index contributed by atoms with van der Waals surface area (Å²) in [5, 5.41) is 2.01. The van der Waals surface area contributed by atoms with E-state index in [1.807, 2.05) is 11.1 Å². The number of carbonyl (C=O) groups is 1. The number of hydroxylamine groups is 2. The molecule has 0 spiro atoms. The minimum atomic E-state index is 0.486. The Bertz CT molecular complexity index is 378. The third kappa shape index (κ3) is 2.93. The maximum atomic E-state index is 10.7. The van der Waals surface area contributed by atoms with E-state index in [0.29, 0.717) is 12.3 Å². The minimum absolute atomic E-state index is 0.486. The molecule has 1 aliphatic rings. The van der Waals surface area contributed by atoms with Gasteiger partial charge in [-0.1, -0.05) is 24.3 Å². The van der Waals surface area contributed by atoms with Gasteiger partial charge in [-0.3, -0.25) is 0 Å². The van der Waals surface area contributed by atoms with Crippen LogP contribution in [-0.2, 0) is 16.1 Å². The fraction of sp³-hybridized carbons (Fsp3) is 0.500.